The van der Waals surface area contributed by atoms with Gasteiger partial charge >= 0.3 is 35.2 Å². The minimum Gasteiger partial charge on any atom is -0.377 e. The Hall–Kier alpha value is -0.752. The number of carbonyl (C=O) groups excluding carboxylic acids is 2. The first-order chi connectivity index (χ1) is 27.2. The van der Waals surface area contributed by atoms with Crippen LogP contribution in [0.5, 0.6) is 0 Å². The summed E-state index contributed by atoms with van der Waals surface area (Å²) in [5.74, 6) is -0.00879. The van der Waals surface area contributed by atoms with Gasteiger partial charge in [-0.3, -0.25) is 9.59 Å². The van der Waals surface area contributed by atoms with Crippen molar-refractivity contribution in [1.29, 1.82) is 0 Å². The molecule has 0 N–H and O–H groups in total. The number of amides is 2. The maximum Gasteiger partial charge on any atom is 0.500 e. The first-order valence-electron chi connectivity index (χ1n) is 19.8. The predicted octanol–water partition coefficient (Wildman–Crippen LogP) is 2.75. The van der Waals surface area contributed by atoms with Gasteiger partial charge < -0.3 is 72.7 Å². The van der Waals surface area contributed by atoms with Crippen molar-refractivity contribution in [3.05, 3.63) is 0 Å². The minimum atomic E-state index is -2.72. The molecule has 0 aromatic heterocycles. The molecule has 0 saturated heterocycles. The van der Waals surface area contributed by atoms with Crippen molar-refractivity contribution in [2.75, 3.05) is 151 Å². The number of carbonyl (C=O) groups is 2. The summed E-state index contributed by atoms with van der Waals surface area (Å²) >= 11 is 0. The van der Waals surface area contributed by atoms with Gasteiger partial charge in [-0.1, -0.05) is 0 Å². The Morgan fingerprint density at radius 2 is 0.526 bits per heavy atom. The lowest BCUT2D eigenvalue weighted by Crippen LogP contribution is -2.45. The van der Waals surface area contributed by atoms with E-state index in [2.05, 4.69) is 9.80 Å². The molecule has 0 bridgehead atoms. The van der Waals surface area contributed by atoms with Crippen molar-refractivity contribution in [1.82, 2.24) is 19.6 Å². The van der Waals surface area contributed by atoms with Gasteiger partial charge in [-0.25, -0.2) is 0 Å². The highest BCUT2D eigenvalue weighted by molar-refractivity contribution is 6.61. The second kappa shape index (κ2) is 31.1. The molecule has 0 spiro atoms. The molecule has 22 heteroatoms. The Morgan fingerprint density at radius 3 is 0.702 bits per heavy atom. The van der Waals surface area contributed by atoms with Crippen LogP contribution in [0.25, 0.3) is 0 Å². The van der Waals surface area contributed by atoms with Crippen molar-refractivity contribution in [3.8, 4) is 0 Å². The summed E-state index contributed by atoms with van der Waals surface area (Å²) in [5, 5.41) is 0. The third-order valence-electron chi connectivity index (χ3n) is 10.7. The van der Waals surface area contributed by atoms with E-state index in [-0.39, 0.29) is 11.8 Å². The minimum absolute atomic E-state index is 0.00440. The van der Waals surface area contributed by atoms with Crippen LogP contribution in [0.15, 0.2) is 0 Å². The van der Waals surface area contributed by atoms with Crippen LogP contribution in [-0.2, 0) is 62.7 Å². The quantitative estimate of drug-likeness (QED) is 0.0833. The van der Waals surface area contributed by atoms with E-state index in [1.807, 2.05) is 9.80 Å². The Bertz CT molecular complexity index is 885. The van der Waals surface area contributed by atoms with Crippen LogP contribution in [0.2, 0.25) is 24.2 Å². The standard InChI is InChI=1S/C35H80N4O14Si4/c1-34(40)38(28-26-36(20-16-30-54(42-3,43-4)44-5)21-17-31-55(45-6,46-7)47-8)24-15-25-39(35(2)41)29-27-37(22-18-32-56(48-9,49-10)50-11)23-19-33-57(51-12,52-13)53-14/h15-33H2,1-14H3. The molecule has 57 heavy (non-hydrogen) atoms. The van der Waals surface area contributed by atoms with Crippen LogP contribution in [0.3, 0.4) is 0 Å². The van der Waals surface area contributed by atoms with Crippen molar-refractivity contribution in [2.24, 2.45) is 0 Å². The molecule has 18 nitrogen and oxygen atoms in total. The first kappa shape index (κ1) is 56.2. The van der Waals surface area contributed by atoms with Gasteiger partial charge in [-0.15, -0.1) is 0 Å². The molecule has 0 aliphatic rings. The Morgan fingerprint density at radius 1 is 0.316 bits per heavy atom. The monoisotopic (exact) mass is 892 g/mol. The van der Waals surface area contributed by atoms with E-state index in [1.54, 1.807) is 99.2 Å². The topological polar surface area (TPSA) is 158 Å². The van der Waals surface area contributed by atoms with Crippen LogP contribution in [-0.4, -0.2) is 217 Å². The zero-order valence-electron chi connectivity index (χ0n) is 37.9. The van der Waals surface area contributed by atoms with Crippen molar-refractivity contribution in [3.63, 3.8) is 0 Å². The molecule has 0 fully saturated rings. The van der Waals surface area contributed by atoms with Gasteiger partial charge in [0.15, 0.2) is 0 Å². The summed E-state index contributed by atoms with van der Waals surface area (Å²) in [5.41, 5.74) is 0. The molecule has 0 saturated carbocycles. The van der Waals surface area contributed by atoms with Crippen LogP contribution < -0.4 is 0 Å². The van der Waals surface area contributed by atoms with E-state index in [4.69, 9.17) is 53.1 Å². The molecule has 0 rings (SSSR count). The Balaban J connectivity index is 5.62. The summed E-state index contributed by atoms with van der Waals surface area (Å²) in [4.78, 5) is 34.1. The van der Waals surface area contributed by atoms with Crippen LogP contribution in [0.4, 0.5) is 0 Å². The molecule has 0 aromatic rings. The molecule has 0 radical (unpaired) electrons. The van der Waals surface area contributed by atoms with E-state index in [0.29, 0.717) is 69.9 Å². The number of hydrogen-bond donors (Lipinski definition) is 0. The lowest BCUT2D eigenvalue weighted by atomic mass is 10.3. The predicted molar refractivity (Wildman–Crippen MR) is 227 cm³/mol. The van der Waals surface area contributed by atoms with Gasteiger partial charge in [0.25, 0.3) is 0 Å². The van der Waals surface area contributed by atoms with Crippen molar-refractivity contribution < 1.29 is 62.7 Å². The Kier molecular flexibility index (Phi) is 30.7. The average molecular weight is 893 g/mol. The lowest BCUT2D eigenvalue weighted by Gasteiger charge is -2.31. The van der Waals surface area contributed by atoms with Gasteiger partial charge in [-0.2, -0.15) is 0 Å². The summed E-state index contributed by atoms with van der Waals surface area (Å²) < 4.78 is 67.6. The highest BCUT2D eigenvalue weighted by atomic mass is 28.4. The van der Waals surface area contributed by atoms with Gasteiger partial charge in [0.2, 0.25) is 11.8 Å². The molecular weight excluding hydrogens is 813 g/mol. The van der Waals surface area contributed by atoms with E-state index in [0.717, 1.165) is 51.9 Å². The average Bonchev–Trinajstić information content (AvgIpc) is 3.23. The molecule has 0 atom stereocenters. The fourth-order valence-corrected chi connectivity index (χ4v) is 13.6. The maximum absolute atomic E-state index is 12.9. The van der Waals surface area contributed by atoms with E-state index < -0.39 is 35.2 Å². The third-order valence-corrected chi connectivity index (χ3v) is 22.0. The van der Waals surface area contributed by atoms with Crippen LogP contribution in [0, 0.1) is 0 Å². The van der Waals surface area contributed by atoms with Gasteiger partial charge in [0.1, 0.15) is 0 Å². The van der Waals surface area contributed by atoms with E-state index in [9.17, 15) is 9.59 Å². The highest BCUT2D eigenvalue weighted by Gasteiger charge is 2.40. The van der Waals surface area contributed by atoms with E-state index >= 15 is 0 Å². The number of hydrogen-bond acceptors (Lipinski definition) is 16. The molecule has 0 aliphatic carbocycles. The smallest absolute Gasteiger partial charge is 0.377 e. The lowest BCUT2D eigenvalue weighted by molar-refractivity contribution is -0.129. The second-order valence-electron chi connectivity index (χ2n) is 13.6. The molecule has 0 aliphatic heterocycles. The number of nitrogens with zero attached hydrogens (tertiary/aromatic N) is 4. The SMILES string of the molecule is CO[Si](CCCN(CCC[Si](OC)(OC)OC)CCN(CCCN(CCN(CCC[Si](OC)(OC)OC)CCC[Si](OC)(OC)OC)C(C)=O)C(C)=O)(OC)OC. The zero-order chi connectivity index (χ0) is 43.4. The molecule has 0 heterocycles. The maximum atomic E-state index is 12.9. The van der Waals surface area contributed by atoms with Crippen molar-refractivity contribution >= 4 is 47.0 Å². The summed E-state index contributed by atoms with van der Waals surface area (Å²) in [6.07, 6.45) is 3.86. The van der Waals surface area contributed by atoms with Gasteiger partial charge in [0.05, 0.1) is 0 Å². The molecule has 0 aromatic carbocycles. The highest BCUT2D eigenvalue weighted by Crippen LogP contribution is 2.20. The van der Waals surface area contributed by atoms with Gasteiger partial charge in [0, 0.05) is 163 Å². The van der Waals surface area contributed by atoms with Crippen LogP contribution >= 0.6 is 0 Å². The first-order valence-corrected chi connectivity index (χ1v) is 27.5. The third kappa shape index (κ3) is 20.6. The second-order valence-corrected chi connectivity index (χ2v) is 26.0. The largest absolute Gasteiger partial charge is 0.500 e. The van der Waals surface area contributed by atoms with Crippen LogP contribution in [0.1, 0.15) is 46.0 Å². The fourth-order valence-electron chi connectivity index (χ4n) is 6.80. The summed E-state index contributed by atoms with van der Waals surface area (Å²) in [6.45, 7) is 9.78. The molecule has 2 amide bonds. The molecular formula is C35H80N4O14Si4. The summed E-state index contributed by atoms with van der Waals surface area (Å²) in [6, 6.07) is 2.67. The molecule has 340 valence electrons. The van der Waals surface area contributed by atoms with E-state index in [1.165, 1.54) is 0 Å². The number of rotatable bonds is 38. The normalized spacial score (nSPS) is 12.9. The van der Waals surface area contributed by atoms with Crippen molar-refractivity contribution in [2.45, 2.75) is 70.1 Å². The fraction of sp³-hybridized carbons (Fsp3) is 0.943. The zero-order valence-corrected chi connectivity index (χ0v) is 41.9. The van der Waals surface area contributed by atoms with Gasteiger partial charge in [-0.05, 0) is 58.3 Å². The Labute approximate surface area is 349 Å². The molecule has 0 unspecified atom stereocenters. The summed E-state index contributed by atoms with van der Waals surface area (Å²) in [7, 11) is 8.55.